The van der Waals surface area contributed by atoms with E-state index in [1.807, 2.05) is 12.1 Å². The SMILES string of the molecule is COc1cccc2sc(NC(=O)c3ccc4c(c3)C(=O)N(C)C4=O)nc12. The minimum Gasteiger partial charge on any atom is -0.494 e. The number of ether oxygens (including phenoxy) is 1. The van der Waals surface area contributed by atoms with Crippen molar-refractivity contribution in [2.75, 3.05) is 19.5 Å². The lowest BCUT2D eigenvalue weighted by molar-refractivity contribution is 0.0693. The molecule has 0 bridgehead atoms. The van der Waals surface area contributed by atoms with Gasteiger partial charge in [-0.25, -0.2) is 4.98 Å². The van der Waals surface area contributed by atoms with Gasteiger partial charge >= 0.3 is 0 Å². The van der Waals surface area contributed by atoms with Gasteiger partial charge in [0.15, 0.2) is 5.13 Å². The zero-order valence-corrected chi connectivity index (χ0v) is 14.7. The van der Waals surface area contributed by atoms with E-state index in [0.29, 0.717) is 22.0 Å². The summed E-state index contributed by atoms with van der Waals surface area (Å²) in [5.41, 5.74) is 1.49. The quantitative estimate of drug-likeness (QED) is 0.719. The number of carbonyl (C=O) groups excluding carboxylic acids is 3. The number of rotatable bonds is 3. The highest BCUT2D eigenvalue weighted by Gasteiger charge is 2.33. The first-order chi connectivity index (χ1) is 12.5. The van der Waals surface area contributed by atoms with Gasteiger partial charge in [-0.1, -0.05) is 17.4 Å². The van der Waals surface area contributed by atoms with Gasteiger partial charge in [-0.05, 0) is 30.3 Å². The molecule has 1 aliphatic rings. The Balaban J connectivity index is 1.64. The van der Waals surface area contributed by atoms with Crippen LogP contribution in [0.4, 0.5) is 5.13 Å². The molecule has 0 aliphatic carbocycles. The van der Waals surface area contributed by atoms with Gasteiger partial charge in [-0.3, -0.25) is 24.6 Å². The fraction of sp³-hybridized carbons (Fsp3) is 0.111. The highest BCUT2D eigenvalue weighted by molar-refractivity contribution is 7.22. The molecule has 0 atom stereocenters. The molecule has 8 heteroatoms. The van der Waals surface area contributed by atoms with Gasteiger partial charge in [-0.2, -0.15) is 0 Å². The predicted molar refractivity (Wildman–Crippen MR) is 97.0 cm³/mol. The van der Waals surface area contributed by atoms with Gasteiger partial charge in [0.1, 0.15) is 11.3 Å². The Morgan fingerprint density at radius 1 is 1.15 bits per heavy atom. The van der Waals surface area contributed by atoms with E-state index in [-0.39, 0.29) is 17.0 Å². The Kier molecular flexibility index (Phi) is 3.69. The molecule has 0 unspecified atom stereocenters. The first-order valence-electron chi connectivity index (χ1n) is 7.71. The number of methoxy groups -OCH3 is 1. The second kappa shape index (κ2) is 5.92. The molecule has 2 heterocycles. The monoisotopic (exact) mass is 367 g/mol. The summed E-state index contributed by atoms with van der Waals surface area (Å²) < 4.78 is 6.16. The van der Waals surface area contributed by atoms with Crippen molar-refractivity contribution in [3.63, 3.8) is 0 Å². The van der Waals surface area contributed by atoms with Crippen LogP contribution in [0.2, 0.25) is 0 Å². The molecule has 26 heavy (non-hydrogen) atoms. The summed E-state index contributed by atoms with van der Waals surface area (Å²) in [6.07, 6.45) is 0. The Labute approximate surface area is 152 Å². The number of hydrogen-bond acceptors (Lipinski definition) is 6. The minimum absolute atomic E-state index is 0.233. The second-order valence-corrected chi connectivity index (χ2v) is 6.74. The van der Waals surface area contributed by atoms with Gasteiger partial charge in [0, 0.05) is 12.6 Å². The fourth-order valence-electron chi connectivity index (χ4n) is 2.81. The molecule has 3 aromatic rings. The number of anilines is 1. The van der Waals surface area contributed by atoms with Crippen LogP contribution in [0.5, 0.6) is 5.75 Å². The van der Waals surface area contributed by atoms with Crippen LogP contribution >= 0.6 is 11.3 Å². The molecular formula is C18H13N3O4S. The van der Waals surface area contributed by atoms with E-state index in [0.717, 1.165) is 9.60 Å². The number of thiazole rings is 1. The number of aromatic nitrogens is 1. The van der Waals surface area contributed by atoms with E-state index in [1.54, 1.807) is 13.2 Å². The van der Waals surface area contributed by atoms with Crippen molar-refractivity contribution in [3.05, 3.63) is 53.1 Å². The molecule has 1 N–H and O–H groups in total. The second-order valence-electron chi connectivity index (χ2n) is 5.71. The molecule has 130 valence electrons. The molecule has 2 aromatic carbocycles. The van der Waals surface area contributed by atoms with Crippen molar-refractivity contribution in [2.45, 2.75) is 0 Å². The van der Waals surface area contributed by atoms with Crippen molar-refractivity contribution < 1.29 is 19.1 Å². The molecule has 0 saturated carbocycles. The summed E-state index contributed by atoms with van der Waals surface area (Å²) in [7, 11) is 2.98. The molecule has 0 radical (unpaired) electrons. The van der Waals surface area contributed by atoms with Gasteiger partial charge < -0.3 is 4.74 Å². The van der Waals surface area contributed by atoms with Crippen molar-refractivity contribution in [1.29, 1.82) is 0 Å². The maximum absolute atomic E-state index is 12.5. The summed E-state index contributed by atoms with van der Waals surface area (Å²) >= 11 is 1.32. The van der Waals surface area contributed by atoms with Crippen molar-refractivity contribution in [1.82, 2.24) is 9.88 Å². The lowest BCUT2D eigenvalue weighted by atomic mass is 10.1. The number of hydrogen-bond donors (Lipinski definition) is 1. The van der Waals surface area contributed by atoms with Crippen LogP contribution in [0.3, 0.4) is 0 Å². The summed E-state index contributed by atoms with van der Waals surface area (Å²) in [6.45, 7) is 0. The van der Waals surface area contributed by atoms with E-state index in [9.17, 15) is 14.4 Å². The zero-order valence-electron chi connectivity index (χ0n) is 13.9. The first kappa shape index (κ1) is 16.2. The molecule has 0 spiro atoms. The highest BCUT2D eigenvalue weighted by atomic mass is 32.1. The van der Waals surface area contributed by atoms with Crippen molar-refractivity contribution in [2.24, 2.45) is 0 Å². The minimum atomic E-state index is -0.413. The Morgan fingerprint density at radius 2 is 1.92 bits per heavy atom. The van der Waals surface area contributed by atoms with Gasteiger partial charge in [-0.15, -0.1) is 0 Å². The molecule has 4 rings (SSSR count). The summed E-state index contributed by atoms with van der Waals surface area (Å²) in [4.78, 5) is 42.0. The molecule has 3 amide bonds. The number of benzene rings is 2. The molecule has 1 aliphatic heterocycles. The number of amides is 3. The van der Waals surface area contributed by atoms with Crippen LogP contribution in [-0.4, -0.2) is 41.8 Å². The van der Waals surface area contributed by atoms with E-state index in [1.165, 1.54) is 36.6 Å². The standard InChI is InChI=1S/C18H13N3O4S/c1-21-16(23)10-7-6-9(8-11(10)17(21)24)15(22)20-18-19-14-12(25-2)4-3-5-13(14)26-18/h3-8H,1-2H3,(H,19,20,22). The first-order valence-corrected chi connectivity index (χ1v) is 8.52. The van der Waals surface area contributed by atoms with Crippen LogP contribution in [-0.2, 0) is 0 Å². The maximum Gasteiger partial charge on any atom is 0.261 e. The molecule has 7 nitrogen and oxygen atoms in total. The number of imide groups is 1. The third kappa shape index (κ3) is 2.42. The lowest BCUT2D eigenvalue weighted by Gasteiger charge is -2.03. The maximum atomic E-state index is 12.5. The van der Waals surface area contributed by atoms with Crippen molar-refractivity contribution >= 4 is 44.4 Å². The topological polar surface area (TPSA) is 88.6 Å². The molecule has 1 aromatic heterocycles. The van der Waals surface area contributed by atoms with E-state index < -0.39 is 11.8 Å². The summed E-state index contributed by atoms with van der Waals surface area (Å²) in [5, 5.41) is 3.16. The molecular weight excluding hydrogens is 354 g/mol. The number of para-hydroxylation sites is 1. The summed E-state index contributed by atoms with van der Waals surface area (Å²) in [5.74, 6) is -0.552. The van der Waals surface area contributed by atoms with E-state index in [2.05, 4.69) is 10.3 Å². The number of carbonyl (C=O) groups is 3. The van der Waals surface area contributed by atoms with Gasteiger partial charge in [0.05, 0.1) is 22.9 Å². The van der Waals surface area contributed by atoms with Gasteiger partial charge in [0.25, 0.3) is 17.7 Å². The molecule has 0 saturated heterocycles. The lowest BCUT2D eigenvalue weighted by Crippen LogP contribution is -2.24. The van der Waals surface area contributed by atoms with Crippen LogP contribution in [0.15, 0.2) is 36.4 Å². The average molecular weight is 367 g/mol. The fourth-order valence-corrected chi connectivity index (χ4v) is 3.69. The third-order valence-corrected chi connectivity index (χ3v) is 5.11. The zero-order chi connectivity index (χ0) is 18.4. The van der Waals surface area contributed by atoms with E-state index in [4.69, 9.17) is 4.74 Å². The molecule has 0 fully saturated rings. The Morgan fingerprint density at radius 3 is 2.69 bits per heavy atom. The van der Waals surface area contributed by atoms with Crippen LogP contribution in [0.25, 0.3) is 10.2 Å². The van der Waals surface area contributed by atoms with E-state index >= 15 is 0 Å². The van der Waals surface area contributed by atoms with Crippen molar-refractivity contribution in [3.8, 4) is 5.75 Å². The largest absolute Gasteiger partial charge is 0.494 e. The van der Waals surface area contributed by atoms with Crippen LogP contribution in [0.1, 0.15) is 31.1 Å². The number of nitrogens with zero attached hydrogens (tertiary/aromatic N) is 2. The average Bonchev–Trinajstić information content (AvgIpc) is 3.16. The normalized spacial score (nSPS) is 13.2. The number of fused-ring (bicyclic) bond motifs is 2. The van der Waals surface area contributed by atoms with Gasteiger partial charge in [0.2, 0.25) is 0 Å². The Bertz CT molecular complexity index is 1090. The third-order valence-electron chi connectivity index (χ3n) is 4.17. The van der Waals surface area contributed by atoms with Crippen LogP contribution < -0.4 is 10.1 Å². The summed E-state index contributed by atoms with van der Waals surface area (Å²) in [6, 6.07) is 9.99. The highest BCUT2D eigenvalue weighted by Crippen LogP contribution is 2.32. The van der Waals surface area contributed by atoms with Crippen LogP contribution in [0, 0.1) is 0 Å². The smallest absolute Gasteiger partial charge is 0.261 e. The number of nitrogens with one attached hydrogen (secondary N) is 1. The Hall–Kier alpha value is -3.26. The predicted octanol–water partition coefficient (Wildman–Crippen LogP) is 2.78.